The van der Waals surface area contributed by atoms with Gasteiger partial charge in [-0.2, -0.15) is 0 Å². The second-order valence-corrected chi connectivity index (χ2v) is 6.57. The van der Waals surface area contributed by atoms with Gasteiger partial charge in [0.1, 0.15) is 11.5 Å². The average molecular weight is 344 g/mol. The number of hydrogen-bond donors (Lipinski definition) is 1. The normalized spacial score (nSPS) is 15.0. The summed E-state index contributed by atoms with van der Waals surface area (Å²) in [5.41, 5.74) is 1.48. The summed E-state index contributed by atoms with van der Waals surface area (Å²) in [6, 6.07) is 12.4. The summed E-state index contributed by atoms with van der Waals surface area (Å²) >= 11 is 0. The van der Waals surface area contributed by atoms with E-state index in [0.717, 1.165) is 30.9 Å². The molecule has 0 amide bonds. The van der Waals surface area contributed by atoms with Gasteiger partial charge >= 0.3 is 0 Å². The second kappa shape index (κ2) is 7.19. The molecule has 0 aliphatic heterocycles. The third-order valence-corrected chi connectivity index (χ3v) is 4.56. The standard InChI is InChI=1S/C19H21FN2O3/c1-14-11-17(18(22(23)24)12-16(14)20)21-19(7-8-19)9-10-25-13-15-5-3-2-4-6-15/h2-6,11-12,21H,7-10,13H2,1H3. The van der Waals surface area contributed by atoms with E-state index >= 15 is 0 Å². The van der Waals surface area contributed by atoms with Crippen LogP contribution in [0.5, 0.6) is 0 Å². The molecule has 5 nitrogen and oxygen atoms in total. The van der Waals surface area contributed by atoms with Crippen molar-refractivity contribution in [2.45, 2.75) is 38.3 Å². The van der Waals surface area contributed by atoms with E-state index in [1.165, 1.54) is 6.07 Å². The van der Waals surface area contributed by atoms with E-state index in [9.17, 15) is 14.5 Å². The van der Waals surface area contributed by atoms with Gasteiger partial charge in [-0.3, -0.25) is 10.1 Å². The molecule has 132 valence electrons. The molecule has 0 heterocycles. The molecule has 6 heteroatoms. The van der Waals surface area contributed by atoms with E-state index in [-0.39, 0.29) is 11.2 Å². The fourth-order valence-corrected chi connectivity index (χ4v) is 2.83. The van der Waals surface area contributed by atoms with Gasteiger partial charge in [0.15, 0.2) is 0 Å². The molecule has 25 heavy (non-hydrogen) atoms. The first kappa shape index (κ1) is 17.4. The number of rotatable bonds is 8. The molecule has 0 atom stereocenters. The van der Waals surface area contributed by atoms with E-state index < -0.39 is 10.7 Å². The molecule has 0 unspecified atom stereocenters. The van der Waals surface area contributed by atoms with E-state index in [0.29, 0.717) is 24.5 Å². The number of nitrogens with zero attached hydrogens (tertiary/aromatic N) is 1. The van der Waals surface area contributed by atoms with Gasteiger partial charge < -0.3 is 10.1 Å². The van der Waals surface area contributed by atoms with E-state index in [1.54, 1.807) is 6.92 Å². The van der Waals surface area contributed by atoms with Crippen molar-refractivity contribution in [1.29, 1.82) is 0 Å². The molecule has 2 aromatic carbocycles. The number of halogens is 1. The lowest BCUT2D eigenvalue weighted by atomic mass is 10.1. The molecule has 3 rings (SSSR count). The SMILES string of the molecule is Cc1cc(NC2(CCOCc3ccccc3)CC2)c([N+](=O)[O-])cc1F. The number of nitrogens with one attached hydrogen (secondary N) is 1. The predicted octanol–water partition coefficient (Wildman–Crippen LogP) is 4.59. The first-order valence-corrected chi connectivity index (χ1v) is 8.33. The van der Waals surface area contributed by atoms with Gasteiger partial charge in [0.25, 0.3) is 5.69 Å². The van der Waals surface area contributed by atoms with E-state index in [1.807, 2.05) is 30.3 Å². The van der Waals surface area contributed by atoms with Crippen LogP contribution in [0, 0.1) is 22.9 Å². The first-order chi connectivity index (χ1) is 12.0. The summed E-state index contributed by atoms with van der Waals surface area (Å²) < 4.78 is 19.3. The molecule has 0 saturated heterocycles. The van der Waals surface area contributed by atoms with Gasteiger partial charge in [-0.1, -0.05) is 30.3 Å². The molecule has 1 saturated carbocycles. The summed E-state index contributed by atoms with van der Waals surface area (Å²) in [5, 5.41) is 14.4. The molecule has 0 radical (unpaired) electrons. The lowest BCUT2D eigenvalue weighted by Crippen LogP contribution is -2.24. The minimum absolute atomic E-state index is 0.189. The topological polar surface area (TPSA) is 64.4 Å². The molecular formula is C19H21FN2O3. The zero-order chi connectivity index (χ0) is 17.9. The van der Waals surface area contributed by atoms with E-state index in [2.05, 4.69) is 5.32 Å². The number of hydrogen-bond acceptors (Lipinski definition) is 4. The highest BCUT2D eigenvalue weighted by Gasteiger charge is 2.43. The zero-order valence-corrected chi connectivity index (χ0v) is 14.1. The van der Waals surface area contributed by atoms with E-state index in [4.69, 9.17) is 4.74 Å². The fourth-order valence-electron chi connectivity index (χ4n) is 2.83. The van der Waals surface area contributed by atoms with Crippen molar-refractivity contribution in [3.05, 3.63) is 69.5 Å². The van der Waals surface area contributed by atoms with Crippen LogP contribution in [-0.2, 0) is 11.3 Å². The molecule has 1 aliphatic rings. The van der Waals surface area contributed by atoms with Crippen molar-refractivity contribution in [1.82, 2.24) is 0 Å². The van der Waals surface area contributed by atoms with Crippen molar-refractivity contribution in [3.63, 3.8) is 0 Å². The monoisotopic (exact) mass is 344 g/mol. The summed E-state index contributed by atoms with van der Waals surface area (Å²) in [6.07, 6.45) is 2.61. The van der Waals surface area contributed by atoms with Crippen molar-refractivity contribution in [2.75, 3.05) is 11.9 Å². The van der Waals surface area contributed by atoms with Crippen LogP contribution in [0.4, 0.5) is 15.8 Å². The minimum atomic E-state index is -0.562. The van der Waals surface area contributed by atoms with Gasteiger partial charge in [0.2, 0.25) is 0 Å². The van der Waals surface area contributed by atoms with Crippen LogP contribution in [0.25, 0.3) is 0 Å². The van der Waals surface area contributed by atoms with Crippen molar-refractivity contribution < 1.29 is 14.1 Å². The van der Waals surface area contributed by atoms with Crippen LogP contribution in [0.1, 0.15) is 30.4 Å². The van der Waals surface area contributed by atoms with Crippen LogP contribution >= 0.6 is 0 Å². The largest absolute Gasteiger partial charge is 0.377 e. The maximum Gasteiger partial charge on any atom is 0.295 e. The summed E-state index contributed by atoms with van der Waals surface area (Å²) in [4.78, 5) is 10.6. The van der Waals surface area contributed by atoms with Gasteiger partial charge in [-0.15, -0.1) is 0 Å². The molecule has 2 aromatic rings. The summed E-state index contributed by atoms with van der Waals surface area (Å²) in [6.45, 7) is 2.72. The maximum atomic E-state index is 13.6. The first-order valence-electron chi connectivity index (χ1n) is 8.33. The molecule has 0 spiro atoms. The Bertz CT molecular complexity index is 761. The van der Waals surface area contributed by atoms with Crippen molar-refractivity contribution >= 4 is 11.4 Å². The van der Waals surface area contributed by atoms with Gasteiger partial charge in [-0.05, 0) is 43.4 Å². The molecule has 0 aromatic heterocycles. The Morgan fingerprint density at radius 2 is 2.00 bits per heavy atom. The Hall–Kier alpha value is -2.47. The summed E-state index contributed by atoms with van der Waals surface area (Å²) in [5.74, 6) is -0.562. The van der Waals surface area contributed by atoms with Crippen molar-refractivity contribution in [2.24, 2.45) is 0 Å². The molecule has 1 N–H and O–H groups in total. The van der Waals surface area contributed by atoms with Crippen LogP contribution in [-0.4, -0.2) is 17.1 Å². The molecule has 1 fully saturated rings. The number of benzene rings is 2. The highest BCUT2D eigenvalue weighted by atomic mass is 19.1. The zero-order valence-electron chi connectivity index (χ0n) is 14.1. The molecular weight excluding hydrogens is 323 g/mol. The quantitative estimate of drug-likeness (QED) is 0.432. The highest BCUT2D eigenvalue weighted by molar-refractivity contribution is 5.65. The lowest BCUT2D eigenvalue weighted by Gasteiger charge is -2.19. The Labute approximate surface area is 146 Å². The van der Waals surface area contributed by atoms with Gasteiger partial charge in [-0.25, -0.2) is 4.39 Å². The van der Waals surface area contributed by atoms with Gasteiger partial charge in [0.05, 0.1) is 17.6 Å². The Kier molecular flexibility index (Phi) is 4.99. The Morgan fingerprint density at radius 3 is 2.64 bits per heavy atom. The number of nitro groups is 1. The lowest BCUT2D eigenvalue weighted by molar-refractivity contribution is -0.384. The average Bonchev–Trinajstić information content (AvgIpc) is 3.35. The van der Waals surface area contributed by atoms with Gasteiger partial charge in [0, 0.05) is 12.1 Å². The second-order valence-electron chi connectivity index (χ2n) is 6.57. The van der Waals surface area contributed by atoms with Crippen LogP contribution in [0.15, 0.2) is 42.5 Å². The number of ether oxygens (including phenoxy) is 1. The third-order valence-electron chi connectivity index (χ3n) is 4.56. The fraction of sp³-hybridized carbons (Fsp3) is 0.368. The Morgan fingerprint density at radius 1 is 1.28 bits per heavy atom. The predicted molar refractivity (Wildman–Crippen MR) is 94.1 cm³/mol. The number of anilines is 1. The molecule has 0 bridgehead atoms. The maximum absolute atomic E-state index is 13.6. The highest BCUT2D eigenvalue weighted by Crippen LogP contribution is 2.44. The van der Waals surface area contributed by atoms with Crippen LogP contribution in [0.2, 0.25) is 0 Å². The van der Waals surface area contributed by atoms with Crippen LogP contribution < -0.4 is 5.32 Å². The third kappa shape index (κ3) is 4.33. The number of nitro benzene ring substituents is 1. The summed E-state index contributed by atoms with van der Waals surface area (Å²) in [7, 11) is 0. The number of aryl methyl sites for hydroxylation is 1. The molecule has 1 aliphatic carbocycles. The smallest absolute Gasteiger partial charge is 0.295 e. The van der Waals surface area contributed by atoms with Crippen molar-refractivity contribution in [3.8, 4) is 0 Å². The Balaban J connectivity index is 1.59. The van der Waals surface area contributed by atoms with Crippen LogP contribution in [0.3, 0.4) is 0 Å². The minimum Gasteiger partial charge on any atom is -0.377 e.